The van der Waals surface area contributed by atoms with Gasteiger partial charge in [-0.3, -0.25) is 4.79 Å². The zero-order valence-corrected chi connectivity index (χ0v) is 16.0. The molecule has 8 heteroatoms. The molecule has 0 radical (unpaired) electrons. The van der Waals surface area contributed by atoms with E-state index in [1.165, 1.54) is 55.2 Å². The summed E-state index contributed by atoms with van der Waals surface area (Å²) in [5, 5.41) is 24.1. The molecule has 1 aromatic carbocycles. The van der Waals surface area contributed by atoms with Crippen LogP contribution in [0.2, 0.25) is 0 Å². The molecule has 136 valence electrons. The van der Waals surface area contributed by atoms with Gasteiger partial charge in [-0.15, -0.1) is 10.2 Å². The molecule has 26 heavy (non-hydrogen) atoms. The fraction of sp³-hybridized carbons (Fsp3) is 0.444. The highest BCUT2D eigenvalue weighted by molar-refractivity contribution is 8.01. The number of amides is 1. The number of carbonyl (C=O) groups is 1. The fourth-order valence-corrected chi connectivity index (χ4v) is 4.50. The summed E-state index contributed by atoms with van der Waals surface area (Å²) in [4.78, 5) is 12.1. The van der Waals surface area contributed by atoms with Gasteiger partial charge in [0.1, 0.15) is 0 Å². The third-order valence-electron chi connectivity index (χ3n) is 4.19. The van der Waals surface area contributed by atoms with Crippen LogP contribution >= 0.6 is 23.1 Å². The smallest absolute Gasteiger partial charge is 0.234 e. The van der Waals surface area contributed by atoms with Crippen LogP contribution in [0, 0.1) is 11.3 Å². The Balaban J connectivity index is 1.43. The number of anilines is 2. The van der Waals surface area contributed by atoms with E-state index in [1.54, 1.807) is 0 Å². The van der Waals surface area contributed by atoms with E-state index in [2.05, 4.69) is 26.9 Å². The standard InChI is InChI=1S/C18H21N5OS2/c19-11-10-13-6-8-15(9-7-13)20-16(24)12-25-18-23-22-17(26-18)21-14-4-2-1-3-5-14/h6-9,14H,1-5,10,12H2,(H,20,24)(H,21,22). The van der Waals surface area contributed by atoms with Crippen molar-refractivity contribution < 1.29 is 4.79 Å². The number of hydrogen-bond donors (Lipinski definition) is 2. The van der Waals surface area contributed by atoms with E-state index in [0.29, 0.717) is 12.5 Å². The summed E-state index contributed by atoms with van der Waals surface area (Å²) in [6, 6.07) is 9.92. The first-order valence-electron chi connectivity index (χ1n) is 8.71. The lowest BCUT2D eigenvalue weighted by Gasteiger charge is -2.21. The minimum absolute atomic E-state index is 0.0833. The molecule has 0 saturated heterocycles. The lowest BCUT2D eigenvalue weighted by molar-refractivity contribution is -0.113. The molecule has 2 N–H and O–H groups in total. The van der Waals surface area contributed by atoms with Gasteiger partial charge in [0, 0.05) is 11.7 Å². The number of hydrogen-bond acceptors (Lipinski definition) is 7. The van der Waals surface area contributed by atoms with Crippen LogP contribution < -0.4 is 10.6 Å². The molecule has 0 aliphatic heterocycles. The number of nitrogens with one attached hydrogen (secondary N) is 2. The van der Waals surface area contributed by atoms with E-state index in [9.17, 15) is 4.79 Å². The molecule has 0 spiro atoms. The van der Waals surface area contributed by atoms with E-state index in [0.717, 1.165) is 20.7 Å². The zero-order chi connectivity index (χ0) is 18.2. The SMILES string of the molecule is N#CCc1ccc(NC(=O)CSc2nnc(NC3CCCCC3)s2)cc1. The fourth-order valence-electron chi connectivity index (χ4n) is 2.87. The summed E-state index contributed by atoms with van der Waals surface area (Å²) in [5.74, 6) is 0.206. The summed E-state index contributed by atoms with van der Waals surface area (Å²) in [6.45, 7) is 0. The highest BCUT2D eigenvalue weighted by Gasteiger charge is 2.15. The van der Waals surface area contributed by atoms with Crippen LogP contribution in [0.3, 0.4) is 0 Å². The molecule has 0 bridgehead atoms. The van der Waals surface area contributed by atoms with E-state index in [1.807, 2.05) is 24.3 Å². The van der Waals surface area contributed by atoms with Gasteiger partial charge in [0.05, 0.1) is 18.2 Å². The number of benzene rings is 1. The molecule has 1 aliphatic rings. The van der Waals surface area contributed by atoms with Gasteiger partial charge in [0.25, 0.3) is 0 Å². The minimum atomic E-state index is -0.0833. The van der Waals surface area contributed by atoms with Crippen molar-refractivity contribution in [1.29, 1.82) is 5.26 Å². The largest absolute Gasteiger partial charge is 0.357 e. The van der Waals surface area contributed by atoms with Crippen molar-refractivity contribution in [2.24, 2.45) is 0 Å². The average molecular weight is 388 g/mol. The van der Waals surface area contributed by atoms with E-state index >= 15 is 0 Å². The molecule has 1 heterocycles. The maximum atomic E-state index is 12.1. The molecule has 2 aromatic rings. The maximum absolute atomic E-state index is 12.1. The van der Waals surface area contributed by atoms with Crippen molar-refractivity contribution >= 4 is 39.8 Å². The Hall–Kier alpha value is -2.11. The predicted octanol–water partition coefficient (Wildman–Crippen LogP) is 4.08. The lowest BCUT2D eigenvalue weighted by Crippen LogP contribution is -2.21. The van der Waals surface area contributed by atoms with Crippen LogP contribution in [0.15, 0.2) is 28.6 Å². The van der Waals surface area contributed by atoms with E-state index in [-0.39, 0.29) is 11.7 Å². The Bertz CT molecular complexity index is 763. The van der Waals surface area contributed by atoms with Gasteiger partial charge < -0.3 is 10.6 Å². The van der Waals surface area contributed by atoms with Gasteiger partial charge >= 0.3 is 0 Å². The molecule has 0 atom stereocenters. The lowest BCUT2D eigenvalue weighted by atomic mass is 9.96. The zero-order valence-electron chi connectivity index (χ0n) is 14.4. The number of rotatable bonds is 7. The van der Waals surface area contributed by atoms with Crippen molar-refractivity contribution in [3.8, 4) is 6.07 Å². The first-order chi connectivity index (χ1) is 12.7. The summed E-state index contributed by atoms with van der Waals surface area (Å²) < 4.78 is 0.794. The average Bonchev–Trinajstić information content (AvgIpc) is 3.10. The number of aromatic nitrogens is 2. The Morgan fingerprint density at radius 1 is 1.23 bits per heavy atom. The van der Waals surface area contributed by atoms with E-state index < -0.39 is 0 Å². The molecule has 1 saturated carbocycles. The quantitative estimate of drug-likeness (QED) is 0.696. The summed E-state index contributed by atoms with van der Waals surface area (Å²) in [5.41, 5.74) is 1.67. The van der Waals surface area contributed by atoms with Gasteiger partial charge in [-0.05, 0) is 30.5 Å². The second kappa shape index (κ2) is 9.55. The highest BCUT2D eigenvalue weighted by Crippen LogP contribution is 2.28. The molecular formula is C18H21N5OS2. The molecule has 6 nitrogen and oxygen atoms in total. The Kier molecular flexibility index (Phi) is 6.86. The van der Waals surface area contributed by atoms with Crippen molar-refractivity contribution in [2.75, 3.05) is 16.4 Å². The third kappa shape index (κ3) is 5.71. The van der Waals surface area contributed by atoms with Crippen molar-refractivity contribution in [3.63, 3.8) is 0 Å². The van der Waals surface area contributed by atoms with Gasteiger partial charge in [0.2, 0.25) is 11.0 Å². The monoisotopic (exact) mass is 387 g/mol. The van der Waals surface area contributed by atoms with Gasteiger partial charge in [-0.1, -0.05) is 54.5 Å². The van der Waals surface area contributed by atoms with Crippen LogP contribution in [-0.2, 0) is 11.2 Å². The Morgan fingerprint density at radius 2 is 2.00 bits per heavy atom. The summed E-state index contributed by atoms with van der Waals surface area (Å²) in [6.07, 6.45) is 6.63. The molecule has 0 unspecified atom stereocenters. The molecule has 1 aliphatic carbocycles. The molecule has 3 rings (SSSR count). The van der Waals surface area contributed by atoms with Crippen molar-refractivity contribution in [3.05, 3.63) is 29.8 Å². The molecule has 1 amide bonds. The van der Waals surface area contributed by atoms with Gasteiger partial charge in [0.15, 0.2) is 4.34 Å². The molecule has 1 aromatic heterocycles. The number of carbonyl (C=O) groups excluding carboxylic acids is 1. The number of nitrogens with zero attached hydrogens (tertiary/aromatic N) is 3. The third-order valence-corrected chi connectivity index (χ3v) is 6.17. The van der Waals surface area contributed by atoms with Crippen molar-refractivity contribution in [1.82, 2.24) is 10.2 Å². The highest BCUT2D eigenvalue weighted by atomic mass is 32.2. The normalized spacial score (nSPS) is 14.6. The first kappa shape index (κ1) is 18.7. The van der Waals surface area contributed by atoms with Gasteiger partial charge in [-0.2, -0.15) is 5.26 Å². The van der Waals surface area contributed by atoms with Crippen LogP contribution in [0.25, 0.3) is 0 Å². The van der Waals surface area contributed by atoms with Crippen LogP contribution in [0.5, 0.6) is 0 Å². The second-order valence-electron chi connectivity index (χ2n) is 6.22. The number of nitriles is 1. The van der Waals surface area contributed by atoms with Crippen LogP contribution in [0.4, 0.5) is 10.8 Å². The second-order valence-corrected chi connectivity index (χ2v) is 8.42. The number of thioether (sulfide) groups is 1. The van der Waals surface area contributed by atoms with Crippen LogP contribution in [0.1, 0.15) is 37.7 Å². The van der Waals surface area contributed by atoms with Crippen molar-refractivity contribution in [2.45, 2.75) is 48.9 Å². The Morgan fingerprint density at radius 3 is 2.73 bits per heavy atom. The minimum Gasteiger partial charge on any atom is -0.357 e. The first-order valence-corrected chi connectivity index (χ1v) is 10.5. The Labute approximate surface area is 161 Å². The topological polar surface area (TPSA) is 90.7 Å². The van der Waals surface area contributed by atoms with E-state index in [4.69, 9.17) is 5.26 Å². The summed E-state index contributed by atoms with van der Waals surface area (Å²) >= 11 is 2.89. The van der Waals surface area contributed by atoms with Crippen LogP contribution in [-0.4, -0.2) is 27.9 Å². The molecule has 1 fully saturated rings. The maximum Gasteiger partial charge on any atom is 0.234 e. The summed E-state index contributed by atoms with van der Waals surface area (Å²) in [7, 11) is 0. The predicted molar refractivity (Wildman–Crippen MR) is 106 cm³/mol. The van der Waals surface area contributed by atoms with Gasteiger partial charge in [-0.25, -0.2) is 0 Å². The molecular weight excluding hydrogens is 366 g/mol.